The van der Waals surface area contributed by atoms with Gasteiger partial charge in [0, 0.05) is 10.9 Å². The third-order valence-electron chi connectivity index (χ3n) is 2.70. The van der Waals surface area contributed by atoms with Gasteiger partial charge < -0.3 is 14.3 Å². The summed E-state index contributed by atoms with van der Waals surface area (Å²) in [7, 11) is 1.54. The molecule has 0 bridgehead atoms. The lowest BCUT2D eigenvalue weighted by atomic mass is 10.1. The average molecular weight is 234 g/mol. The molecule has 0 aliphatic rings. The van der Waals surface area contributed by atoms with Crippen LogP contribution < -0.4 is 4.74 Å². The zero-order chi connectivity index (χ0) is 12.4. The molecular weight excluding hydrogens is 220 g/mol. The van der Waals surface area contributed by atoms with E-state index in [4.69, 9.17) is 14.3 Å². The Labute approximate surface area is 98.8 Å². The monoisotopic (exact) mass is 234 g/mol. The summed E-state index contributed by atoms with van der Waals surface area (Å²) >= 11 is 0. The van der Waals surface area contributed by atoms with Crippen LogP contribution in [0.1, 0.15) is 29.5 Å². The van der Waals surface area contributed by atoms with Crippen LogP contribution in [0.3, 0.4) is 0 Å². The van der Waals surface area contributed by atoms with Crippen LogP contribution in [0.25, 0.3) is 11.0 Å². The van der Waals surface area contributed by atoms with Crippen LogP contribution in [-0.2, 0) is 6.42 Å². The number of aromatic carboxylic acids is 1. The van der Waals surface area contributed by atoms with Gasteiger partial charge in [0.25, 0.3) is 0 Å². The molecule has 1 heterocycles. The highest BCUT2D eigenvalue weighted by Crippen LogP contribution is 2.33. The summed E-state index contributed by atoms with van der Waals surface area (Å²) in [6.07, 6.45) is 1.55. The van der Waals surface area contributed by atoms with Crippen molar-refractivity contribution in [1.82, 2.24) is 0 Å². The molecule has 0 amide bonds. The summed E-state index contributed by atoms with van der Waals surface area (Å²) in [4.78, 5) is 11.1. The maximum Gasteiger partial charge on any atom is 0.372 e. The van der Waals surface area contributed by atoms with E-state index in [2.05, 4.69) is 0 Å². The van der Waals surface area contributed by atoms with Crippen LogP contribution in [0, 0.1) is 0 Å². The highest BCUT2D eigenvalue weighted by molar-refractivity contribution is 5.97. The van der Waals surface area contributed by atoms with Crippen molar-refractivity contribution in [1.29, 1.82) is 0 Å². The standard InChI is InChI=1S/C13H14O4/c1-3-5-8-9-6-4-7-10(16-2)11(9)17-12(8)13(14)15/h4,6-7H,3,5H2,1-2H3,(H,14,15). The minimum absolute atomic E-state index is 0.0198. The molecule has 0 fully saturated rings. The Morgan fingerprint density at radius 3 is 2.82 bits per heavy atom. The van der Waals surface area contributed by atoms with Crippen LogP contribution in [0.4, 0.5) is 0 Å². The van der Waals surface area contributed by atoms with Crippen LogP contribution in [0.2, 0.25) is 0 Å². The van der Waals surface area contributed by atoms with Crippen LogP contribution >= 0.6 is 0 Å². The first-order valence-electron chi connectivity index (χ1n) is 5.50. The molecule has 2 aromatic rings. The second-order valence-corrected chi connectivity index (χ2v) is 3.80. The van der Waals surface area contributed by atoms with E-state index < -0.39 is 5.97 Å². The largest absolute Gasteiger partial charge is 0.493 e. The molecule has 1 aromatic carbocycles. The Morgan fingerprint density at radius 1 is 1.47 bits per heavy atom. The number of fused-ring (bicyclic) bond motifs is 1. The summed E-state index contributed by atoms with van der Waals surface area (Å²) in [6, 6.07) is 5.45. The number of benzene rings is 1. The van der Waals surface area contributed by atoms with Gasteiger partial charge in [0.05, 0.1) is 7.11 Å². The SMILES string of the molecule is CCCc1c(C(=O)O)oc2c(OC)cccc12. The molecule has 2 rings (SSSR count). The van der Waals surface area contributed by atoms with Crippen molar-refractivity contribution < 1.29 is 19.1 Å². The minimum Gasteiger partial charge on any atom is -0.493 e. The van der Waals surface area contributed by atoms with Gasteiger partial charge in [-0.2, -0.15) is 0 Å². The number of ether oxygens (including phenoxy) is 1. The van der Waals surface area contributed by atoms with Crippen molar-refractivity contribution in [3.8, 4) is 5.75 Å². The highest BCUT2D eigenvalue weighted by atomic mass is 16.5. The highest BCUT2D eigenvalue weighted by Gasteiger charge is 2.20. The number of furan rings is 1. The maximum atomic E-state index is 11.1. The van der Waals surface area contributed by atoms with Gasteiger partial charge in [-0.05, 0) is 12.5 Å². The Hall–Kier alpha value is -1.97. The topological polar surface area (TPSA) is 59.7 Å². The van der Waals surface area contributed by atoms with Crippen molar-refractivity contribution >= 4 is 16.9 Å². The normalized spacial score (nSPS) is 10.7. The fourth-order valence-electron chi connectivity index (χ4n) is 1.98. The van der Waals surface area contributed by atoms with E-state index in [-0.39, 0.29) is 5.76 Å². The summed E-state index contributed by atoms with van der Waals surface area (Å²) in [5.74, 6) is -0.453. The third kappa shape index (κ3) is 1.86. The Morgan fingerprint density at radius 2 is 2.24 bits per heavy atom. The molecule has 0 atom stereocenters. The van der Waals surface area contributed by atoms with E-state index in [1.807, 2.05) is 19.1 Å². The van der Waals surface area contributed by atoms with Crippen molar-refractivity contribution in [3.63, 3.8) is 0 Å². The maximum absolute atomic E-state index is 11.1. The Balaban J connectivity index is 2.74. The molecule has 1 aromatic heterocycles. The Kier molecular flexibility index (Phi) is 3.04. The molecule has 0 spiro atoms. The van der Waals surface area contributed by atoms with Crippen molar-refractivity contribution in [3.05, 3.63) is 29.5 Å². The van der Waals surface area contributed by atoms with Crippen molar-refractivity contribution in [2.24, 2.45) is 0 Å². The molecule has 0 aliphatic heterocycles. The zero-order valence-electron chi connectivity index (χ0n) is 9.82. The van der Waals surface area contributed by atoms with Crippen molar-refractivity contribution in [2.45, 2.75) is 19.8 Å². The van der Waals surface area contributed by atoms with E-state index in [0.29, 0.717) is 17.8 Å². The summed E-state index contributed by atoms with van der Waals surface area (Å²) in [5, 5.41) is 9.95. The first kappa shape index (κ1) is 11.5. The number of carboxylic acids is 1. The minimum atomic E-state index is -1.04. The predicted molar refractivity (Wildman–Crippen MR) is 63.7 cm³/mol. The zero-order valence-corrected chi connectivity index (χ0v) is 9.82. The molecule has 90 valence electrons. The molecule has 0 saturated heterocycles. The quantitative estimate of drug-likeness (QED) is 0.883. The molecule has 1 N–H and O–H groups in total. The predicted octanol–water partition coefficient (Wildman–Crippen LogP) is 3.09. The van der Waals surface area contributed by atoms with Crippen LogP contribution in [0.5, 0.6) is 5.75 Å². The van der Waals surface area contributed by atoms with Gasteiger partial charge >= 0.3 is 5.97 Å². The number of carboxylic acid groups (broad SMARTS) is 1. The van der Waals surface area contributed by atoms with Gasteiger partial charge in [-0.3, -0.25) is 0 Å². The molecule has 17 heavy (non-hydrogen) atoms. The van der Waals surface area contributed by atoms with Crippen LogP contribution in [0.15, 0.2) is 22.6 Å². The number of hydrogen-bond donors (Lipinski definition) is 1. The second-order valence-electron chi connectivity index (χ2n) is 3.80. The summed E-state index contributed by atoms with van der Waals surface area (Å²) in [6.45, 7) is 2.00. The van der Waals surface area contributed by atoms with E-state index in [0.717, 1.165) is 17.4 Å². The third-order valence-corrected chi connectivity index (χ3v) is 2.70. The second kappa shape index (κ2) is 4.49. The van der Waals surface area contributed by atoms with Crippen LogP contribution in [-0.4, -0.2) is 18.2 Å². The fraction of sp³-hybridized carbons (Fsp3) is 0.308. The number of aryl methyl sites for hydroxylation is 1. The summed E-state index contributed by atoms with van der Waals surface area (Å²) in [5.41, 5.74) is 1.25. The molecule has 4 nitrogen and oxygen atoms in total. The summed E-state index contributed by atoms with van der Waals surface area (Å²) < 4.78 is 10.6. The number of hydrogen-bond acceptors (Lipinski definition) is 3. The lowest BCUT2D eigenvalue weighted by Gasteiger charge is -1.99. The Bertz CT molecular complexity index is 554. The van der Waals surface area contributed by atoms with E-state index in [9.17, 15) is 4.79 Å². The first-order valence-corrected chi connectivity index (χ1v) is 5.50. The average Bonchev–Trinajstić information content (AvgIpc) is 2.69. The lowest BCUT2D eigenvalue weighted by molar-refractivity contribution is 0.0663. The molecule has 0 radical (unpaired) electrons. The molecule has 0 unspecified atom stereocenters. The number of para-hydroxylation sites is 1. The lowest BCUT2D eigenvalue weighted by Crippen LogP contribution is -1.98. The van der Waals surface area contributed by atoms with E-state index in [1.165, 1.54) is 7.11 Å². The van der Waals surface area contributed by atoms with E-state index in [1.54, 1.807) is 6.07 Å². The molecule has 4 heteroatoms. The smallest absolute Gasteiger partial charge is 0.372 e. The number of carbonyl (C=O) groups is 1. The van der Waals surface area contributed by atoms with Gasteiger partial charge in [0.2, 0.25) is 5.76 Å². The van der Waals surface area contributed by atoms with Crippen molar-refractivity contribution in [2.75, 3.05) is 7.11 Å². The molecule has 0 saturated carbocycles. The van der Waals surface area contributed by atoms with E-state index >= 15 is 0 Å². The number of methoxy groups -OCH3 is 1. The molecule has 0 aliphatic carbocycles. The van der Waals surface area contributed by atoms with Gasteiger partial charge in [-0.15, -0.1) is 0 Å². The fourth-order valence-corrected chi connectivity index (χ4v) is 1.98. The number of rotatable bonds is 4. The van der Waals surface area contributed by atoms with Gasteiger partial charge in [-0.1, -0.05) is 25.5 Å². The van der Waals surface area contributed by atoms with Gasteiger partial charge in [-0.25, -0.2) is 4.79 Å². The first-order chi connectivity index (χ1) is 8.19. The van der Waals surface area contributed by atoms with Gasteiger partial charge in [0.1, 0.15) is 0 Å². The molecular formula is C13H14O4. The van der Waals surface area contributed by atoms with Gasteiger partial charge in [0.15, 0.2) is 11.3 Å².